The number of unbranched alkanes of at least 4 members (excludes halogenated alkanes) is 4. The van der Waals surface area contributed by atoms with Gasteiger partial charge < -0.3 is 29.0 Å². The van der Waals surface area contributed by atoms with E-state index in [0.717, 1.165) is 97.8 Å². The van der Waals surface area contributed by atoms with Crippen molar-refractivity contribution >= 4 is 18.1 Å². The lowest BCUT2D eigenvalue weighted by Gasteiger charge is -2.32. The third-order valence-corrected chi connectivity index (χ3v) is 8.31. The summed E-state index contributed by atoms with van der Waals surface area (Å²) in [5.74, 6) is -0.762. The van der Waals surface area contributed by atoms with Gasteiger partial charge in [-0.3, -0.25) is 0 Å². The summed E-state index contributed by atoms with van der Waals surface area (Å²) in [7, 11) is 0. The van der Waals surface area contributed by atoms with Gasteiger partial charge in [0.15, 0.2) is 0 Å². The molecule has 0 aromatic heterocycles. The van der Waals surface area contributed by atoms with Gasteiger partial charge in [0.05, 0.1) is 13.2 Å². The van der Waals surface area contributed by atoms with Gasteiger partial charge in [-0.15, -0.1) is 0 Å². The maximum absolute atomic E-state index is 12.5. The Balaban J connectivity index is 0.917. The highest BCUT2D eigenvalue weighted by Crippen LogP contribution is 2.35. The van der Waals surface area contributed by atoms with Gasteiger partial charge in [-0.1, -0.05) is 61.4 Å². The lowest BCUT2D eigenvalue weighted by molar-refractivity contribution is -0.180. The Morgan fingerprint density at radius 1 is 0.957 bits per heavy atom. The second-order valence-electron chi connectivity index (χ2n) is 12.5. The van der Waals surface area contributed by atoms with E-state index in [4.69, 9.17) is 24.1 Å². The van der Waals surface area contributed by atoms with E-state index in [1.165, 1.54) is 5.56 Å². The summed E-state index contributed by atoms with van der Waals surface area (Å²) in [5, 5.41) is 8.88. The first-order valence-corrected chi connectivity index (χ1v) is 16.4. The molecule has 3 aromatic carbocycles. The largest absolute Gasteiger partial charge is 0.478 e. The number of amides is 1. The molecule has 8 heteroatoms. The van der Waals surface area contributed by atoms with Gasteiger partial charge in [0.2, 0.25) is 5.79 Å². The van der Waals surface area contributed by atoms with Crippen LogP contribution in [0.15, 0.2) is 72.8 Å². The number of fused-ring (bicyclic) bond motifs is 1. The molecule has 1 saturated heterocycles. The van der Waals surface area contributed by atoms with Crippen LogP contribution in [0.3, 0.4) is 0 Å². The number of hydrogen-bond donors (Lipinski definition) is 1. The van der Waals surface area contributed by atoms with E-state index >= 15 is 0 Å². The summed E-state index contributed by atoms with van der Waals surface area (Å²) in [6.07, 6.45) is 9.42. The standard InChI is InChI=1S/C38H45NO7/c1-38(2)44-27-33-25-32(17-18-34(33)46-38)35-26-39(37(42)45-35)20-6-3-4-7-21-43-22-8-5-11-28-12-9-14-30(23-28)31-15-10-13-29(24-31)16-19-36(40)41/h9-10,12-19,23-25,35H,3-8,11,20-22,26-27H2,1-2H3,(H,40,41)/b19-16+/t35-/m0/s1. The molecule has 0 bridgehead atoms. The number of rotatable bonds is 16. The van der Waals surface area contributed by atoms with Crippen molar-refractivity contribution in [3.63, 3.8) is 0 Å². The fourth-order valence-electron chi connectivity index (χ4n) is 5.81. The van der Waals surface area contributed by atoms with Gasteiger partial charge >= 0.3 is 12.1 Å². The fraction of sp³-hybridized carbons (Fsp3) is 0.421. The van der Waals surface area contributed by atoms with Crippen LogP contribution in [0.1, 0.15) is 80.7 Å². The molecule has 46 heavy (non-hydrogen) atoms. The van der Waals surface area contributed by atoms with E-state index in [0.29, 0.717) is 19.7 Å². The summed E-state index contributed by atoms with van der Waals surface area (Å²) >= 11 is 0. The van der Waals surface area contributed by atoms with Gasteiger partial charge in [0, 0.05) is 45.2 Å². The molecule has 8 nitrogen and oxygen atoms in total. The molecule has 2 aliphatic rings. The van der Waals surface area contributed by atoms with Gasteiger partial charge in [-0.25, -0.2) is 9.59 Å². The van der Waals surface area contributed by atoms with E-state index in [1.807, 2.05) is 61.2 Å². The number of carbonyl (C=O) groups excluding carboxylic acids is 1. The molecule has 1 atom stereocenters. The first-order valence-electron chi connectivity index (χ1n) is 16.4. The summed E-state index contributed by atoms with van der Waals surface area (Å²) in [5.41, 5.74) is 6.31. The molecule has 0 saturated carbocycles. The van der Waals surface area contributed by atoms with E-state index < -0.39 is 11.8 Å². The number of carboxylic acid groups (broad SMARTS) is 1. The minimum atomic E-state index is -0.951. The smallest absolute Gasteiger partial charge is 0.410 e. The zero-order valence-corrected chi connectivity index (χ0v) is 26.9. The number of carbonyl (C=O) groups is 2. The Bertz CT molecular complexity index is 1510. The van der Waals surface area contributed by atoms with Crippen LogP contribution in [0.4, 0.5) is 4.79 Å². The number of carboxylic acids is 1. The first-order chi connectivity index (χ1) is 22.3. The molecule has 5 rings (SSSR count). The molecule has 0 spiro atoms. The lowest BCUT2D eigenvalue weighted by Crippen LogP contribution is -2.35. The number of nitrogens with zero attached hydrogens (tertiary/aromatic N) is 1. The average Bonchev–Trinajstić information content (AvgIpc) is 3.42. The molecule has 2 heterocycles. The number of cyclic esters (lactones) is 1. The Labute approximate surface area is 271 Å². The van der Waals surface area contributed by atoms with Crippen LogP contribution < -0.4 is 4.74 Å². The van der Waals surface area contributed by atoms with Gasteiger partial charge in [-0.2, -0.15) is 0 Å². The van der Waals surface area contributed by atoms with Crippen molar-refractivity contribution in [1.29, 1.82) is 0 Å². The molecule has 0 radical (unpaired) electrons. The van der Waals surface area contributed by atoms with Crippen molar-refractivity contribution in [3.8, 4) is 16.9 Å². The van der Waals surface area contributed by atoms with E-state index in [2.05, 4.69) is 24.3 Å². The molecule has 0 unspecified atom stereocenters. The molecule has 244 valence electrons. The van der Waals surface area contributed by atoms with Crippen LogP contribution in [0.5, 0.6) is 5.75 Å². The first kappa shape index (κ1) is 33.2. The third-order valence-electron chi connectivity index (χ3n) is 8.31. The van der Waals surface area contributed by atoms with Gasteiger partial charge in [0.1, 0.15) is 11.9 Å². The van der Waals surface area contributed by atoms with Gasteiger partial charge in [-0.05, 0) is 84.2 Å². The molecule has 0 aliphatic carbocycles. The third kappa shape index (κ3) is 9.68. The maximum atomic E-state index is 12.5. The second-order valence-corrected chi connectivity index (χ2v) is 12.5. The van der Waals surface area contributed by atoms with Crippen molar-refractivity contribution in [2.45, 2.75) is 77.3 Å². The number of ether oxygens (including phenoxy) is 4. The van der Waals surface area contributed by atoms with Crippen LogP contribution in [0.25, 0.3) is 17.2 Å². The SMILES string of the molecule is CC1(C)OCc2cc([C@@H]3CN(CCCCCCOCCCCc4cccc(-c5cccc(/C=C/C(=O)O)c5)c4)C(=O)O3)ccc2O1. The van der Waals surface area contributed by atoms with Crippen molar-refractivity contribution < 1.29 is 33.6 Å². The van der Waals surface area contributed by atoms with Crippen LogP contribution in [0, 0.1) is 0 Å². The highest BCUT2D eigenvalue weighted by molar-refractivity contribution is 5.85. The zero-order valence-electron chi connectivity index (χ0n) is 26.9. The summed E-state index contributed by atoms with van der Waals surface area (Å²) in [6, 6.07) is 22.4. The summed E-state index contributed by atoms with van der Waals surface area (Å²) in [6.45, 7) is 7.07. The molecule has 2 aliphatic heterocycles. The zero-order chi connectivity index (χ0) is 32.4. The van der Waals surface area contributed by atoms with E-state index in [1.54, 1.807) is 6.08 Å². The monoisotopic (exact) mass is 627 g/mol. The highest BCUT2D eigenvalue weighted by atomic mass is 16.7. The highest BCUT2D eigenvalue weighted by Gasteiger charge is 2.33. The Morgan fingerprint density at radius 3 is 2.54 bits per heavy atom. The van der Waals surface area contributed by atoms with Crippen LogP contribution in [0.2, 0.25) is 0 Å². The predicted molar refractivity (Wildman–Crippen MR) is 178 cm³/mol. The molecule has 3 aromatic rings. The predicted octanol–water partition coefficient (Wildman–Crippen LogP) is 8.19. The number of hydrogen-bond acceptors (Lipinski definition) is 6. The van der Waals surface area contributed by atoms with Crippen molar-refractivity contribution in [2.24, 2.45) is 0 Å². The minimum absolute atomic E-state index is 0.244. The topological polar surface area (TPSA) is 94.5 Å². The number of aliphatic carboxylic acids is 1. The normalized spacial score (nSPS) is 17.1. The van der Waals surface area contributed by atoms with Crippen LogP contribution in [-0.2, 0) is 32.0 Å². The Hall–Kier alpha value is -4.14. The average molecular weight is 628 g/mol. The molecule has 1 amide bonds. The van der Waals surface area contributed by atoms with Crippen molar-refractivity contribution in [1.82, 2.24) is 4.90 Å². The second kappa shape index (κ2) is 15.9. The van der Waals surface area contributed by atoms with Gasteiger partial charge in [0.25, 0.3) is 0 Å². The van der Waals surface area contributed by atoms with E-state index in [-0.39, 0.29) is 12.2 Å². The summed E-state index contributed by atoms with van der Waals surface area (Å²) < 4.78 is 23.2. The quantitative estimate of drug-likeness (QED) is 0.126. The lowest BCUT2D eigenvalue weighted by atomic mass is 9.99. The van der Waals surface area contributed by atoms with Crippen LogP contribution >= 0.6 is 0 Å². The Kier molecular flexibility index (Phi) is 11.5. The Morgan fingerprint density at radius 2 is 1.72 bits per heavy atom. The molecular formula is C38H45NO7. The van der Waals surface area contributed by atoms with Crippen molar-refractivity contribution in [2.75, 3.05) is 26.3 Å². The summed E-state index contributed by atoms with van der Waals surface area (Å²) in [4.78, 5) is 25.1. The fourth-order valence-corrected chi connectivity index (χ4v) is 5.81. The maximum Gasteiger partial charge on any atom is 0.410 e. The van der Waals surface area contributed by atoms with Crippen molar-refractivity contribution in [3.05, 3.63) is 95.1 Å². The minimum Gasteiger partial charge on any atom is -0.478 e. The molecular weight excluding hydrogens is 582 g/mol. The van der Waals surface area contributed by atoms with E-state index in [9.17, 15) is 9.59 Å². The number of aryl methyl sites for hydroxylation is 1. The molecule has 1 fully saturated rings. The van der Waals surface area contributed by atoms with Crippen LogP contribution in [-0.4, -0.2) is 54.2 Å². The molecule has 1 N–H and O–H groups in total. The number of benzene rings is 3.